The molecule has 0 bridgehead atoms. The van der Waals surface area contributed by atoms with Crippen molar-refractivity contribution in [2.75, 3.05) is 23.7 Å². The lowest BCUT2D eigenvalue weighted by Gasteiger charge is -2.30. The van der Waals surface area contributed by atoms with Gasteiger partial charge in [-0.2, -0.15) is 0 Å². The van der Waals surface area contributed by atoms with Crippen molar-refractivity contribution in [2.24, 2.45) is 5.92 Å². The van der Waals surface area contributed by atoms with E-state index in [1.54, 1.807) is 54.6 Å². The number of hydrogen-bond donors (Lipinski definition) is 2. The first kappa shape index (κ1) is 30.1. The number of anilines is 2. The van der Waals surface area contributed by atoms with Crippen molar-refractivity contribution in [3.8, 4) is 0 Å². The van der Waals surface area contributed by atoms with Crippen molar-refractivity contribution in [3.63, 3.8) is 0 Å². The minimum Gasteiger partial charge on any atom is -0.326 e. The van der Waals surface area contributed by atoms with Gasteiger partial charge in [0, 0.05) is 51.6 Å². The van der Waals surface area contributed by atoms with Gasteiger partial charge in [0.1, 0.15) is 0 Å². The molecule has 4 rings (SSSR count). The van der Waals surface area contributed by atoms with E-state index in [4.69, 9.17) is 23.2 Å². The summed E-state index contributed by atoms with van der Waals surface area (Å²) >= 11 is 12.3. The zero-order valence-corrected chi connectivity index (χ0v) is 25.0. The lowest BCUT2D eigenvalue weighted by atomic mass is 9.87. The first-order valence-electron chi connectivity index (χ1n) is 13.1. The van der Waals surface area contributed by atoms with Crippen LogP contribution in [0, 0.1) is 5.92 Å². The third-order valence-corrected chi connectivity index (χ3v) is 9.52. The number of nitrogens with zero attached hydrogens (tertiary/aromatic N) is 1. The molecule has 1 aliphatic rings. The highest BCUT2D eigenvalue weighted by Crippen LogP contribution is 2.29. The second-order valence-electron chi connectivity index (χ2n) is 11.0. The molecular weight excluding hydrogens is 569 g/mol. The van der Waals surface area contributed by atoms with Gasteiger partial charge in [0.15, 0.2) is 0 Å². The van der Waals surface area contributed by atoms with Crippen LogP contribution in [0.25, 0.3) is 0 Å². The number of sulfonamides is 1. The van der Waals surface area contributed by atoms with Gasteiger partial charge in [0.05, 0.1) is 5.75 Å². The summed E-state index contributed by atoms with van der Waals surface area (Å²) in [5, 5.41) is 6.40. The fourth-order valence-corrected chi connectivity index (χ4v) is 6.90. The molecule has 3 aromatic carbocycles. The molecule has 1 heterocycles. The Bertz CT molecular complexity index is 1470. The minimum absolute atomic E-state index is 0.00280. The van der Waals surface area contributed by atoms with Crippen LogP contribution in [-0.2, 0) is 26.0 Å². The zero-order chi connectivity index (χ0) is 29.1. The quantitative estimate of drug-likeness (QED) is 0.314. The van der Waals surface area contributed by atoms with Crippen LogP contribution in [0.3, 0.4) is 0 Å². The Labute approximate surface area is 245 Å². The summed E-state index contributed by atoms with van der Waals surface area (Å²) < 4.78 is 27.4. The molecule has 0 aliphatic carbocycles. The third kappa shape index (κ3) is 7.43. The SMILES string of the molecule is CC(C)(C)c1ccc(C(=O)Nc2cccc(NC(=O)C3CCN(S(=O)(=O)Cc4c(Cl)cccc4Cl)CC3)c2)cc1. The first-order valence-corrected chi connectivity index (χ1v) is 15.4. The Kier molecular flexibility index (Phi) is 9.25. The average molecular weight is 603 g/mol. The molecule has 0 unspecified atom stereocenters. The highest BCUT2D eigenvalue weighted by Gasteiger charge is 2.32. The predicted molar refractivity (Wildman–Crippen MR) is 162 cm³/mol. The summed E-state index contributed by atoms with van der Waals surface area (Å²) in [5.41, 5.74) is 3.16. The Hall–Kier alpha value is -2.91. The summed E-state index contributed by atoms with van der Waals surface area (Å²) in [6, 6.07) is 19.4. The number of amides is 2. The highest BCUT2D eigenvalue weighted by atomic mass is 35.5. The first-order chi connectivity index (χ1) is 18.8. The van der Waals surface area contributed by atoms with Gasteiger partial charge in [-0.05, 0) is 66.3 Å². The average Bonchev–Trinajstić information content (AvgIpc) is 2.91. The maximum atomic E-state index is 13.0. The number of nitrogens with one attached hydrogen (secondary N) is 2. The van der Waals surface area contributed by atoms with Crippen molar-refractivity contribution in [3.05, 3.63) is 93.5 Å². The summed E-state index contributed by atoms with van der Waals surface area (Å²) in [7, 11) is -3.65. The maximum absolute atomic E-state index is 13.0. The number of carbonyl (C=O) groups excluding carboxylic acids is 2. The fourth-order valence-electron chi connectivity index (χ4n) is 4.58. The van der Waals surface area contributed by atoms with E-state index in [1.807, 2.05) is 12.1 Å². The molecule has 2 N–H and O–H groups in total. The van der Waals surface area contributed by atoms with Gasteiger partial charge in [-0.1, -0.05) is 68.2 Å². The molecule has 1 fully saturated rings. The van der Waals surface area contributed by atoms with Crippen molar-refractivity contribution >= 4 is 56.4 Å². The molecule has 0 radical (unpaired) electrons. The number of carbonyl (C=O) groups is 2. The van der Waals surface area contributed by atoms with Crippen LogP contribution in [0.1, 0.15) is 55.1 Å². The number of rotatable bonds is 7. The van der Waals surface area contributed by atoms with Gasteiger partial charge in [0.2, 0.25) is 15.9 Å². The molecule has 3 aromatic rings. The Morgan fingerprint density at radius 3 is 2.00 bits per heavy atom. The zero-order valence-electron chi connectivity index (χ0n) is 22.7. The molecular formula is C30H33Cl2N3O4S. The molecule has 0 spiro atoms. The lowest BCUT2D eigenvalue weighted by molar-refractivity contribution is -0.120. The van der Waals surface area contributed by atoms with Crippen LogP contribution in [0.15, 0.2) is 66.7 Å². The molecule has 1 aliphatic heterocycles. The number of benzene rings is 3. The Morgan fingerprint density at radius 2 is 1.43 bits per heavy atom. The summed E-state index contributed by atoms with van der Waals surface area (Å²) in [6.45, 7) is 6.81. The molecule has 40 heavy (non-hydrogen) atoms. The van der Waals surface area contributed by atoms with E-state index < -0.39 is 10.0 Å². The van der Waals surface area contributed by atoms with Gasteiger partial charge < -0.3 is 10.6 Å². The molecule has 10 heteroatoms. The fraction of sp³-hybridized carbons (Fsp3) is 0.333. The Morgan fingerprint density at radius 1 is 0.875 bits per heavy atom. The van der Waals surface area contributed by atoms with Crippen LogP contribution in [-0.4, -0.2) is 37.6 Å². The lowest BCUT2D eigenvalue weighted by Crippen LogP contribution is -2.42. The number of piperidine rings is 1. The van der Waals surface area contributed by atoms with Crippen LogP contribution >= 0.6 is 23.2 Å². The standard InChI is InChI=1S/C30H33Cl2N3O4S/c1-30(2,3)22-12-10-20(11-13-22)28(36)33-23-6-4-7-24(18-23)34-29(37)21-14-16-35(17-15-21)40(38,39)19-25-26(31)8-5-9-27(25)32/h4-13,18,21H,14-17,19H2,1-3H3,(H,33,36)(H,34,37). The molecule has 2 amide bonds. The van der Waals surface area contributed by atoms with Crippen molar-refractivity contribution in [1.82, 2.24) is 4.31 Å². The summed E-state index contributed by atoms with van der Waals surface area (Å²) in [6.07, 6.45) is 0.782. The van der Waals surface area contributed by atoms with Gasteiger partial charge in [-0.15, -0.1) is 0 Å². The van der Waals surface area contributed by atoms with Gasteiger partial charge >= 0.3 is 0 Å². The molecule has 7 nitrogen and oxygen atoms in total. The van der Waals surface area contributed by atoms with E-state index in [2.05, 4.69) is 31.4 Å². The van der Waals surface area contributed by atoms with E-state index in [0.717, 1.165) is 5.56 Å². The number of hydrogen-bond acceptors (Lipinski definition) is 4. The maximum Gasteiger partial charge on any atom is 0.255 e. The van der Waals surface area contributed by atoms with Crippen LogP contribution in [0.2, 0.25) is 10.0 Å². The van der Waals surface area contributed by atoms with E-state index in [-0.39, 0.29) is 42.0 Å². The van der Waals surface area contributed by atoms with Gasteiger partial charge in [-0.25, -0.2) is 12.7 Å². The van der Waals surface area contributed by atoms with Crippen molar-refractivity contribution in [1.29, 1.82) is 0 Å². The van der Waals surface area contributed by atoms with Crippen molar-refractivity contribution in [2.45, 2.75) is 44.8 Å². The molecule has 0 saturated carbocycles. The molecule has 1 saturated heterocycles. The minimum atomic E-state index is -3.65. The van der Waals surface area contributed by atoms with E-state index in [9.17, 15) is 18.0 Å². The second-order valence-corrected chi connectivity index (χ2v) is 13.8. The van der Waals surface area contributed by atoms with E-state index in [1.165, 1.54) is 4.31 Å². The van der Waals surface area contributed by atoms with Crippen LogP contribution in [0.5, 0.6) is 0 Å². The monoisotopic (exact) mass is 601 g/mol. The topological polar surface area (TPSA) is 95.6 Å². The Balaban J connectivity index is 1.32. The summed E-state index contributed by atoms with van der Waals surface area (Å²) in [4.78, 5) is 25.7. The van der Waals surface area contributed by atoms with Gasteiger partial charge in [0.25, 0.3) is 5.91 Å². The second kappa shape index (κ2) is 12.3. The molecule has 0 atom stereocenters. The van der Waals surface area contributed by atoms with Crippen LogP contribution in [0.4, 0.5) is 11.4 Å². The third-order valence-electron chi connectivity index (χ3n) is 7.01. The largest absolute Gasteiger partial charge is 0.326 e. The number of halogens is 2. The van der Waals surface area contributed by atoms with E-state index in [0.29, 0.717) is 45.4 Å². The summed E-state index contributed by atoms with van der Waals surface area (Å²) in [5.74, 6) is -1.06. The van der Waals surface area contributed by atoms with Crippen molar-refractivity contribution < 1.29 is 18.0 Å². The molecule has 212 valence electrons. The smallest absolute Gasteiger partial charge is 0.255 e. The van der Waals surface area contributed by atoms with E-state index >= 15 is 0 Å². The highest BCUT2D eigenvalue weighted by molar-refractivity contribution is 7.88. The normalized spacial score (nSPS) is 15.0. The van der Waals surface area contributed by atoms with Gasteiger partial charge in [-0.3, -0.25) is 9.59 Å². The predicted octanol–water partition coefficient (Wildman–Crippen LogP) is 6.72. The molecule has 0 aromatic heterocycles. The van der Waals surface area contributed by atoms with Crippen LogP contribution < -0.4 is 10.6 Å².